The van der Waals surface area contributed by atoms with E-state index in [4.69, 9.17) is 5.26 Å². The molecule has 0 heterocycles. The Morgan fingerprint density at radius 1 is 1.25 bits per heavy atom. The van der Waals surface area contributed by atoms with E-state index in [9.17, 15) is 4.39 Å². The summed E-state index contributed by atoms with van der Waals surface area (Å²) in [4.78, 5) is 4.50. The van der Waals surface area contributed by atoms with Crippen molar-refractivity contribution in [1.82, 2.24) is 9.80 Å². The molecule has 0 radical (unpaired) electrons. The first-order chi connectivity index (χ1) is 9.42. The molecule has 0 spiro atoms. The first-order valence-corrected chi connectivity index (χ1v) is 6.98. The largest absolute Gasteiger partial charge is 0.308 e. The van der Waals surface area contributed by atoms with E-state index in [1.165, 1.54) is 6.07 Å². The van der Waals surface area contributed by atoms with E-state index in [2.05, 4.69) is 37.7 Å². The molecule has 0 aromatic heterocycles. The molecular formula is C16H24FN3. The van der Waals surface area contributed by atoms with Crippen LogP contribution in [0.5, 0.6) is 0 Å². The summed E-state index contributed by atoms with van der Waals surface area (Å²) in [6.07, 6.45) is 0. The Balaban J connectivity index is 2.75. The predicted octanol–water partition coefficient (Wildman–Crippen LogP) is 2.72. The van der Waals surface area contributed by atoms with Crippen LogP contribution in [-0.2, 0) is 6.54 Å². The summed E-state index contributed by atoms with van der Waals surface area (Å²) in [5, 5.41) is 8.89. The maximum atomic E-state index is 13.3. The molecule has 4 heteroatoms. The number of likely N-dealkylation sites (N-methyl/N-ethyl adjacent to an activating group) is 1. The molecule has 0 aliphatic rings. The lowest BCUT2D eigenvalue weighted by atomic mass is 10.1. The van der Waals surface area contributed by atoms with Crippen LogP contribution in [0.25, 0.3) is 0 Å². The van der Waals surface area contributed by atoms with Gasteiger partial charge in [0.25, 0.3) is 0 Å². The number of nitriles is 1. The quantitative estimate of drug-likeness (QED) is 0.767. The third-order valence-electron chi connectivity index (χ3n) is 3.04. The number of hydrogen-bond donors (Lipinski definition) is 0. The number of halogens is 1. The minimum atomic E-state index is -0.444. The van der Waals surface area contributed by atoms with E-state index in [1.54, 1.807) is 12.1 Å². The van der Waals surface area contributed by atoms with Gasteiger partial charge in [-0.25, -0.2) is 4.39 Å². The van der Waals surface area contributed by atoms with Gasteiger partial charge in [-0.2, -0.15) is 5.26 Å². The van der Waals surface area contributed by atoms with Crippen molar-refractivity contribution in [2.24, 2.45) is 5.92 Å². The van der Waals surface area contributed by atoms with Gasteiger partial charge in [-0.05, 0) is 37.7 Å². The fourth-order valence-electron chi connectivity index (χ4n) is 2.11. The van der Waals surface area contributed by atoms with Crippen LogP contribution in [0.4, 0.5) is 4.39 Å². The molecule has 110 valence electrons. The fraction of sp³-hybridized carbons (Fsp3) is 0.562. The molecule has 0 unspecified atom stereocenters. The van der Waals surface area contributed by atoms with Crippen LogP contribution in [0.1, 0.15) is 25.0 Å². The van der Waals surface area contributed by atoms with Crippen molar-refractivity contribution < 1.29 is 4.39 Å². The Hall–Kier alpha value is -1.44. The fourth-order valence-corrected chi connectivity index (χ4v) is 2.11. The Bertz CT molecular complexity index is 463. The van der Waals surface area contributed by atoms with Gasteiger partial charge < -0.3 is 4.90 Å². The van der Waals surface area contributed by atoms with Gasteiger partial charge in [0.1, 0.15) is 11.9 Å². The summed E-state index contributed by atoms with van der Waals surface area (Å²) in [6, 6.07) is 6.69. The minimum Gasteiger partial charge on any atom is -0.308 e. The molecule has 0 amide bonds. The lowest BCUT2D eigenvalue weighted by Gasteiger charge is -2.26. The number of nitrogens with zero attached hydrogens (tertiary/aromatic N) is 3. The SMILES string of the molecule is CC(C)CN(CCN(C)C)Cc1ccc(F)c(C#N)c1. The van der Waals surface area contributed by atoms with Crippen LogP contribution in [-0.4, -0.2) is 43.5 Å². The van der Waals surface area contributed by atoms with E-state index in [0.29, 0.717) is 5.92 Å². The third-order valence-corrected chi connectivity index (χ3v) is 3.04. The topological polar surface area (TPSA) is 30.3 Å². The average Bonchev–Trinajstić information content (AvgIpc) is 2.37. The standard InChI is InChI=1S/C16H24FN3/c1-13(2)11-20(8-7-19(3)4)12-14-5-6-16(17)15(9-14)10-18/h5-6,9,13H,7-8,11-12H2,1-4H3. The zero-order chi connectivity index (χ0) is 15.1. The van der Waals surface area contributed by atoms with Gasteiger partial charge in [0.15, 0.2) is 0 Å². The van der Waals surface area contributed by atoms with Crippen molar-refractivity contribution in [2.75, 3.05) is 33.7 Å². The highest BCUT2D eigenvalue weighted by atomic mass is 19.1. The molecule has 0 bridgehead atoms. The Kier molecular flexibility index (Phi) is 6.63. The summed E-state index contributed by atoms with van der Waals surface area (Å²) < 4.78 is 13.3. The third kappa shape index (κ3) is 5.68. The molecule has 0 saturated carbocycles. The van der Waals surface area contributed by atoms with E-state index in [-0.39, 0.29) is 5.56 Å². The second-order valence-corrected chi connectivity index (χ2v) is 5.86. The van der Waals surface area contributed by atoms with E-state index < -0.39 is 5.82 Å². The van der Waals surface area contributed by atoms with Gasteiger partial charge in [0, 0.05) is 26.2 Å². The van der Waals surface area contributed by atoms with E-state index >= 15 is 0 Å². The van der Waals surface area contributed by atoms with Gasteiger partial charge in [-0.3, -0.25) is 4.90 Å². The molecular weight excluding hydrogens is 253 g/mol. The molecule has 1 aromatic carbocycles. The summed E-state index contributed by atoms with van der Waals surface area (Å²) in [5.41, 5.74) is 1.11. The molecule has 0 atom stereocenters. The molecule has 0 aliphatic heterocycles. The molecule has 3 nitrogen and oxygen atoms in total. The number of hydrogen-bond acceptors (Lipinski definition) is 3. The maximum absolute atomic E-state index is 13.3. The van der Waals surface area contributed by atoms with Crippen LogP contribution >= 0.6 is 0 Å². The van der Waals surface area contributed by atoms with Gasteiger partial charge in [-0.1, -0.05) is 19.9 Å². The summed E-state index contributed by atoms with van der Waals surface area (Å²) in [7, 11) is 4.11. The zero-order valence-electron chi connectivity index (χ0n) is 12.9. The Morgan fingerprint density at radius 3 is 2.50 bits per heavy atom. The second-order valence-electron chi connectivity index (χ2n) is 5.86. The van der Waals surface area contributed by atoms with Gasteiger partial charge in [0.05, 0.1) is 5.56 Å². The normalized spacial score (nSPS) is 11.3. The van der Waals surface area contributed by atoms with Crippen LogP contribution in [0.15, 0.2) is 18.2 Å². The highest BCUT2D eigenvalue weighted by molar-refractivity contribution is 5.34. The molecule has 0 saturated heterocycles. The van der Waals surface area contributed by atoms with Crippen molar-refractivity contribution in [3.05, 3.63) is 35.1 Å². The van der Waals surface area contributed by atoms with Crippen LogP contribution < -0.4 is 0 Å². The number of rotatable bonds is 7. The molecule has 1 aromatic rings. The highest BCUT2D eigenvalue weighted by Crippen LogP contribution is 2.12. The Morgan fingerprint density at radius 2 is 1.95 bits per heavy atom. The smallest absolute Gasteiger partial charge is 0.140 e. The minimum absolute atomic E-state index is 0.125. The lowest BCUT2D eigenvalue weighted by molar-refractivity contribution is 0.211. The van der Waals surface area contributed by atoms with E-state index in [1.807, 2.05) is 6.07 Å². The molecule has 20 heavy (non-hydrogen) atoms. The van der Waals surface area contributed by atoms with Gasteiger partial charge in [-0.15, -0.1) is 0 Å². The monoisotopic (exact) mass is 277 g/mol. The van der Waals surface area contributed by atoms with Crippen molar-refractivity contribution in [3.63, 3.8) is 0 Å². The van der Waals surface area contributed by atoms with Crippen molar-refractivity contribution >= 4 is 0 Å². The number of benzene rings is 1. The molecule has 0 N–H and O–H groups in total. The first kappa shape index (κ1) is 16.6. The molecule has 0 fully saturated rings. The van der Waals surface area contributed by atoms with Crippen LogP contribution in [0.2, 0.25) is 0 Å². The predicted molar refractivity (Wildman–Crippen MR) is 79.8 cm³/mol. The second kappa shape index (κ2) is 7.98. The zero-order valence-corrected chi connectivity index (χ0v) is 12.9. The lowest BCUT2D eigenvalue weighted by Crippen LogP contribution is -2.34. The van der Waals surface area contributed by atoms with Gasteiger partial charge >= 0.3 is 0 Å². The molecule has 0 aliphatic carbocycles. The summed E-state index contributed by atoms with van der Waals surface area (Å²) in [6.45, 7) is 8.07. The van der Waals surface area contributed by atoms with E-state index in [0.717, 1.165) is 31.7 Å². The first-order valence-electron chi connectivity index (χ1n) is 6.98. The Labute approximate surface area is 121 Å². The summed E-state index contributed by atoms with van der Waals surface area (Å²) >= 11 is 0. The van der Waals surface area contributed by atoms with Crippen molar-refractivity contribution in [2.45, 2.75) is 20.4 Å². The van der Waals surface area contributed by atoms with Crippen LogP contribution in [0.3, 0.4) is 0 Å². The maximum Gasteiger partial charge on any atom is 0.140 e. The summed E-state index contributed by atoms with van der Waals surface area (Å²) in [5.74, 6) is 0.132. The van der Waals surface area contributed by atoms with Crippen molar-refractivity contribution in [3.8, 4) is 6.07 Å². The highest BCUT2D eigenvalue weighted by Gasteiger charge is 2.10. The van der Waals surface area contributed by atoms with Crippen molar-refractivity contribution in [1.29, 1.82) is 5.26 Å². The van der Waals surface area contributed by atoms with Crippen LogP contribution in [0, 0.1) is 23.1 Å². The molecule has 1 rings (SSSR count). The van der Waals surface area contributed by atoms with Gasteiger partial charge in [0.2, 0.25) is 0 Å². The average molecular weight is 277 g/mol.